The molecule has 5 rings (SSSR count). The third-order valence-electron chi connectivity index (χ3n) is 8.33. The molecule has 1 fully saturated rings. The van der Waals surface area contributed by atoms with E-state index in [0.717, 1.165) is 50.9 Å². The van der Waals surface area contributed by atoms with Gasteiger partial charge in [0.2, 0.25) is 0 Å². The molecule has 0 aliphatic carbocycles. The predicted molar refractivity (Wildman–Crippen MR) is 158 cm³/mol. The summed E-state index contributed by atoms with van der Waals surface area (Å²) in [5, 5.41) is 3.92. The number of pyridine rings is 1. The summed E-state index contributed by atoms with van der Waals surface area (Å²) in [6.45, 7) is 7.56. The number of nitrogens with zero attached hydrogens (tertiary/aromatic N) is 3. The number of ether oxygens (including phenoxy) is 1. The van der Waals surface area contributed by atoms with Gasteiger partial charge in [-0.15, -0.1) is 11.8 Å². The highest BCUT2D eigenvalue weighted by Gasteiger charge is 2.36. The molecule has 12 heteroatoms. The molecule has 232 valence electrons. The average Bonchev–Trinajstić information content (AvgIpc) is 3.39. The van der Waals surface area contributed by atoms with Crippen LogP contribution in [0.5, 0.6) is 5.75 Å². The van der Waals surface area contributed by atoms with Gasteiger partial charge in [0.1, 0.15) is 5.82 Å². The Hall–Kier alpha value is -2.93. The Labute approximate surface area is 251 Å². The second-order valence-corrected chi connectivity index (χ2v) is 12.0. The van der Waals surface area contributed by atoms with Gasteiger partial charge in [-0.2, -0.15) is 13.2 Å². The number of aromatic nitrogens is 1. The molecule has 0 saturated carbocycles. The Kier molecular flexibility index (Phi) is 9.50. The summed E-state index contributed by atoms with van der Waals surface area (Å²) in [7, 11) is 3.41. The quantitative estimate of drug-likeness (QED) is 0.262. The summed E-state index contributed by atoms with van der Waals surface area (Å²) < 4.78 is 79.1. The molecular weight excluding hydrogens is 587 g/mol. The molecule has 3 aromatic rings. The Morgan fingerprint density at radius 2 is 1.77 bits per heavy atom. The van der Waals surface area contributed by atoms with E-state index >= 15 is 8.78 Å². The third-order valence-corrected chi connectivity index (χ3v) is 9.59. The van der Waals surface area contributed by atoms with Crippen molar-refractivity contribution < 1.29 is 26.7 Å². The van der Waals surface area contributed by atoms with Crippen molar-refractivity contribution in [2.24, 2.45) is 0 Å². The summed E-state index contributed by atoms with van der Waals surface area (Å²) in [6, 6.07) is 6.99. The van der Waals surface area contributed by atoms with Crippen LogP contribution in [0.25, 0.3) is 11.1 Å². The first-order chi connectivity index (χ1) is 20.5. The van der Waals surface area contributed by atoms with Gasteiger partial charge in [0.05, 0.1) is 29.3 Å². The fourth-order valence-corrected chi connectivity index (χ4v) is 7.25. The number of alkyl halides is 3. The highest BCUT2D eigenvalue weighted by Crippen LogP contribution is 2.42. The number of rotatable bonds is 9. The minimum Gasteiger partial charge on any atom is -0.494 e. The van der Waals surface area contributed by atoms with Crippen molar-refractivity contribution in [1.29, 1.82) is 0 Å². The van der Waals surface area contributed by atoms with Crippen LogP contribution in [0.15, 0.2) is 46.2 Å². The number of nitrogens with one attached hydrogen (secondary N) is 1. The van der Waals surface area contributed by atoms with E-state index < -0.39 is 40.9 Å². The van der Waals surface area contributed by atoms with Gasteiger partial charge in [0.25, 0.3) is 5.56 Å². The number of hydrogen-bond donors (Lipinski definition) is 1. The van der Waals surface area contributed by atoms with Crippen molar-refractivity contribution in [3.05, 3.63) is 80.6 Å². The van der Waals surface area contributed by atoms with Crippen LogP contribution < -0.4 is 15.6 Å². The largest absolute Gasteiger partial charge is 0.494 e. The molecule has 6 nitrogen and oxygen atoms in total. The zero-order valence-corrected chi connectivity index (χ0v) is 25.2. The van der Waals surface area contributed by atoms with Crippen LogP contribution in [0, 0.1) is 18.6 Å². The van der Waals surface area contributed by atoms with Gasteiger partial charge in [-0.05, 0) is 43.3 Å². The molecule has 1 atom stereocenters. The lowest BCUT2D eigenvalue weighted by molar-refractivity contribution is -0.138. The fraction of sp³-hybridized carbons (Fsp3) is 0.452. The maximum Gasteiger partial charge on any atom is 0.416 e. The van der Waals surface area contributed by atoms with Crippen LogP contribution in [0.2, 0.25) is 0 Å². The molecule has 0 amide bonds. The van der Waals surface area contributed by atoms with Crippen molar-refractivity contribution in [1.82, 2.24) is 19.7 Å². The minimum absolute atomic E-state index is 0.0124. The van der Waals surface area contributed by atoms with Crippen molar-refractivity contribution in [3.8, 4) is 16.9 Å². The topological polar surface area (TPSA) is 49.7 Å². The first-order valence-electron chi connectivity index (χ1n) is 14.2. The number of piperazine rings is 1. The highest BCUT2D eigenvalue weighted by atomic mass is 32.2. The van der Waals surface area contributed by atoms with Crippen LogP contribution in [-0.2, 0) is 12.6 Å². The average molecular weight is 623 g/mol. The summed E-state index contributed by atoms with van der Waals surface area (Å²) in [5.41, 5.74) is -1.31. The lowest BCUT2D eigenvalue weighted by Gasteiger charge is -2.32. The van der Waals surface area contributed by atoms with Crippen LogP contribution in [-0.4, -0.2) is 80.1 Å². The Morgan fingerprint density at radius 3 is 2.47 bits per heavy atom. The number of halogens is 5. The molecule has 3 heterocycles. The fourth-order valence-electron chi connectivity index (χ4n) is 5.86. The number of likely N-dealkylation sites (N-methyl/N-ethyl adjacent to an activating group) is 1. The molecule has 2 aliphatic rings. The van der Waals surface area contributed by atoms with Crippen molar-refractivity contribution in [2.75, 3.05) is 65.7 Å². The number of methoxy groups -OCH3 is 1. The van der Waals surface area contributed by atoms with Gasteiger partial charge >= 0.3 is 6.18 Å². The smallest absolute Gasteiger partial charge is 0.416 e. The monoisotopic (exact) mass is 622 g/mol. The SMILES string of the molecule is COc1cccc(-c2c(C)c(Cc3c(F)cccc3C(F)(F)F)c3n(c2=O)C(CNCCN2CCN(C)CC2)CS3)c1F. The van der Waals surface area contributed by atoms with Crippen LogP contribution >= 0.6 is 11.8 Å². The van der Waals surface area contributed by atoms with E-state index in [1.807, 2.05) is 0 Å². The van der Waals surface area contributed by atoms with E-state index in [1.54, 1.807) is 17.6 Å². The van der Waals surface area contributed by atoms with Gasteiger partial charge in [0, 0.05) is 69.1 Å². The van der Waals surface area contributed by atoms with E-state index in [9.17, 15) is 18.0 Å². The normalized spacial score (nSPS) is 17.8. The first kappa shape index (κ1) is 31.5. The Bertz CT molecular complexity index is 1540. The van der Waals surface area contributed by atoms with Crippen LogP contribution in [0.4, 0.5) is 22.0 Å². The van der Waals surface area contributed by atoms with E-state index in [1.165, 1.54) is 31.0 Å². The predicted octanol–water partition coefficient (Wildman–Crippen LogP) is 5.20. The summed E-state index contributed by atoms with van der Waals surface area (Å²) in [5.74, 6) is -1.30. The molecule has 1 N–H and O–H groups in total. The van der Waals surface area contributed by atoms with Crippen molar-refractivity contribution in [3.63, 3.8) is 0 Å². The van der Waals surface area contributed by atoms with E-state index in [0.29, 0.717) is 35.0 Å². The molecule has 2 aliphatic heterocycles. The highest BCUT2D eigenvalue weighted by molar-refractivity contribution is 7.99. The number of hydrogen-bond acceptors (Lipinski definition) is 6. The summed E-state index contributed by atoms with van der Waals surface area (Å²) in [6.07, 6.45) is -5.18. The zero-order valence-electron chi connectivity index (χ0n) is 24.4. The first-order valence-corrected chi connectivity index (χ1v) is 15.2. The number of benzene rings is 2. The molecule has 43 heavy (non-hydrogen) atoms. The van der Waals surface area contributed by atoms with E-state index in [4.69, 9.17) is 4.74 Å². The lowest BCUT2D eigenvalue weighted by Crippen LogP contribution is -2.46. The molecule has 0 radical (unpaired) electrons. The molecule has 2 aromatic carbocycles. The summed E-state index contributed by atoms with van der Waals surface area (Å²) >= 11 is 1.36. The second-order valence-electron chi connectivity index (χ2n) is 11.0. The summed E-state index contributed by atoms with van der Waals surface area (Å²) in [4.78, 5) is 18.8. The molecule has 0 spiro atoms. The minimum atomic E-state index is -4.77. The zero-order chi connectivity index (χ0) is 30.9. The molecule has 1 saturated heterocycles. The van der Waals surface area contributed by atoms with Gasteiger partial charge < -0.3 is 15.0 Å². The van der Waals surface area contributed by atoms with E-state index in [2.05, 4.69) is 22.2 Å². The van der Waals surface area contributed by atoms with Crippen LogP contribution in [0.3, 0.4) is 0 Å². The van der Waals surface area contributed by atoms with E-state index in [-0.39, 0.29) is 22.9 Å². The number of thioether (sulfide) groups is 1. The Balaban J connectivity index is 1.54. The maximum absolute atomic E-state index is 15.6. The maximum atomic E-state index is 15.6. The standard InChI is InChI=1S/C31H35F5N4O2S/c1-19-22(16-23-24(31(34,35)36)7-5-8-25(23)32)30-40(29(41)27(19)21-6-4-9-26(42-3)28(21)33)20(18-43-30)17-37-10-11-39-14-12-38(2)13-15-39/h4-9,20,37H,10-18H2,1-3H3. The number of fused-ring (bicyclic) bond motifs is 1. The molecule has 0 bridgehead atoms. The van der Waals surface area contributed by atoms with Crippen molar-refractivity contribution >= 4 is 11.8 Å². The van der Waals surface area contributed by atoms with Gasteiger partial charge in [-0.1, -0.05) is 18.2 Å². The molecule has 1 unspecified atom stereocenters. The molecular formula is C31H35F5N4O2S. The third kappa shape index (κ3) is 6.47. The van der Waals surface area contributed by atoms with Gasteiger partial charge in [0.15, 0.2) is 11.6 Å². The second kappa shape index (κ2) is 13.0. The van der Waals surface area contributed by atoms with Gasteiger partial charge in [-0.3, -0.25) is 14.3 Å². The molecule has 1 aromatic heterocycles. The van der Waals surface area contributed by atoms with Crippen LogP contribution in [0.1, 0.15) is 28.3 Å². The van der Waals surface area contributed by atoms with Gasteiger partial charge in [-0.25, -0.2) is 8.78 Å². The Morgan fingerprint density at radius 1 is 1.05 bits per heavy atom. The lowest BCUT2D eigenvalue weighted by atomic mass is 9.92. The van der Waals surface area contributed by atoms with Crippen molar-refractivity contribution in [2.45, 2.75) is 30.6 Å².